The molecule has 1 aromatic rings. The molecule has 1 fully saturated rings. The number of aromatic nitrogens is 2. The van der Waals surface area contributed by atoms with Gasteiger partial charge in [0.1, 0.15) is 0 Å². The molecule has 0 aromatic carbocycles. The summed E-state index contributed by atoms with van der Waals surface area (Å²) in [6.45, 7) is 5.17. The van der Waals surface area contributed by atoms with Gasteiger partial charge in [-0.25, -0.2) is 0 Å². The average Bonchev–Trinajstić information content (AvgIpc) is 3.17. The molecule has 1 N–H and O–H groups in total. The van der Waals surface area contributed by atoms with Crippen molar-refractivity contribution in [1.29, 1.82) is 0 Å². The van der Waals surface area contributed by atoms with E-state index < -0.39 is 0 Å². The molecule has 1 heterocycles. The number of halogens is 1. The molecular formula is C14H23BrN2O. The summed E-state index contributed by atoms with van der Waals surface area (Å²) >= 11 is 3.67. The van der Waals surface area contributed by atoms with Crippen LogP contribution in [-0.4, -0.2) is 21.0 Å². The maximum atomic E-state index is 9.88. The average molecular weight is 315 g/mol. The highest BCUT2D eigenvalue weighted by atomic mass is 79.9. The van der Waals surface area contributed by atoms with Gasteiger partial charge in [0.15, 0.2) is 0 Å². The topological polar surface area (TPSA) is 38.0 Å². The Balaban J connectivity index is 1.92. The number of nitrogens with zero attached hydrogens (tertiary/aromatic N) is 2. The van der Waals surface area contributed by atoms with E-state index in [1.54, 1.807) is 0 Å². The molecule has 4 heteroatoms. The Labute approximate surface area is 118 Å². The molecule has 0 spiro atoms. The minimum absolute atomic E-state index is 0.0765. The summed E-state index contributed by atoms with van der Waals surface area (Å²) in [5.41, 5.74) is 2.44. The van der Waals surface area contributed by atoms with Crippen molar-refractivity contribution in [3.05, 3.63) is 15.9 Å². The van der Waals surface area contributed by atoms with Crippen LogP contribution in [0.1, 0.15) is 50.9 Å². The molecular weight excluding hydrogens is 292 g/mol. The Hall–Kier alpha value is -0.350. The Bertz CT molecular complexity index is 399. The molecule has 3 nitrogen and oxygen atoms in total. The summed E-state index contributed by atoms with van der Waals surface area (Å²) in [5.74, 6) is 0.593. The summed E-state index contributed by atoms with van der Waals surface area (Å²) in [6, 6.07) is 0. The van der Waals surface area contributed by atoms with Crippen molar-refractivity contribution in [2.75, 3.05) is 0 Å². The van der Waals surface area contributed by atoms with Crippen molar-refractivity contribution in [1.82, 2.24) is 9.78 Å². The number of hydrogen-bond donors (Lipinski definition) is 1. The number of aryl methyl sites for hydroxylation is 2. The molecule has 1 unspecified atom stereocenters. The van der Waals surface area contributed by atoms with Gasteiger partial charge in [-0.15, -0.1) is 0 Å². The van der Waals surface area contributed by atoms with Crippen LogP contribution in [0.5, 0.6) is 0 Å². The summed E-state index contributed by atoms with van der Waals surface area (Å²) in [6.07, 6.45) is 6.30. The van der Waals surface area contributed by atoms with Crippen LogP contribution in [0.3, 0.4) is 0 Å². The molecule has 1 aliphatic carbocycles. The fourth-order valence-corrected chi connectivity index (χ4v) is 3.21. The van der Waals surface area contributed by atoms with Crippen molar-refractivity contribution in [3.63, 3.8) is 0 Å². The summed E-state index contributed by atoms with van der Waals surface area (Å²) in [7, 11) is 0. The Morgan fingerprint density at radius 3 is 2.72 bits per heavy atom. The van der Waals surface area contributed by atoms with Crippen LogP contribution in [-0.2, 0) is 19.4 Å². The minimum Gasteiger partial charge on any atom is -0.393 e. The maximum absolute atomic E-state index is 9.88. The van der Waals surface area contributed by atoms with Crippen LogP contribution >= 0.6 is 15.9 Å². The molecule has 18 heavy (non-hydrogen) atoms. The van der Waals surface area contributed by atoms with Crippen LogP contribution in [0, 0.1) is 5.92 Å². The van der Waals surface area contributed by atoms with Gasteiger partial charge in [-0.05, 0) is 67.3 Å². The Morgan fingerprint density at radius 1 is 1.44 bits per heavy atom. The number of hydrogen-bond acceptors (Lipinski definition) is 2. The largest absolute Gasteiger partial charge is 0.393 e. The van der Waals surface area contributed by atoms with Crippen molar-refractivity contribution in [3.8, 4) is 0 Å². The van der Waals surface area contributed by atoms with Gasteiger partial charge in [-0.1, -0.05) is 6.92 Å². The quantitative estimate of drug-likeness (QED) is 0.838. The fourth-order valence-electron chi connectivity index (χ4n) is 2.45. The third-order valence-electron chi connectivity index (χ3n) is 3.77. The lowest BCUT2D eigenvalue weighted by molar-refractivity contribution is 0.139. The highest BCUT2D eigenvalue weighted by Gasteiger charge is 2.29. The van der Waals surface area contributed by atoms with Crippen molar-refractivity contribution >= 4 is 15.9 Å². The molecule has 0 amide bonds. The molecule has 2 rings (SSSR count). The first-order chi connectivity index (χ1) is 8.67. The zero-order valence-corrected chi connectivity index (χ0v) is 12.9. The SMILES string of the molecule is CCc1nn(CC)c(CCCC(O)C2CC2)c1Br. The molecule has 102 valence electrons. The molecule has 0 bridgehead atoms. The third kappa shape index (κ3) is 3.15. The minimum atomic E-state index is -0.0765. The monoisotopic (exact) mass is 314 g/mol. The van der Waals surface area contributed by atoms with Crippen molar-refractivity contribution < 1.29 is 5.11 Å². The lowest BCUT2D eigenvalue weighted by Crippen LogP contribution is -2.10. The van der Waals surface area contributed by atoms with Crippen molar-refractivity contribution in [2.24, 2.45) is 5.92 Å². The fraction of sp³-hybridized carbons (Fsp3) is 0.786. The van der Waals surface area contributed by atoms with Gasteiger partial charge in [-0.2, -0.15) is 5.10 Å². The molecule has 0 aliphatic heterocycles. The van der Waals surface area contributed by atoms with Gasteiger partial charge in [0.05, 0.1) is 22.0 Å². The van der Waals surface area contributed by atoms with Gasteiger partial charge in [0.2, 0.25) is 0 Å². The van der Waals surface area contributed by atoms with E-state index in [0.29, 0.717) is 5.92 Å². The first-order valence-electron chi connectivity index (χ1n) is 7.09. The van der Waals surface area contributed by atoms with E-state index in [-0.39, 0.29) is 6.10 Å². The highest BCUT2D eigenvalue weighted by molar-refractivity contribution is 9.10. The lowest BCUT2D eigenvalue weighted by Gasteiger charge is -2.09. The van der Waals surface area contributed by atoms with Gasteiger partial charge in [-0.3, -0.25) is 4.68 Å². The van der Waals surface area contributed by atoms with E-state index in [1.165, 1.54) is 23.0 Å². The Morgan fingerprint density at radius 2 is 2.17 bits per heavy atom. The van der Waals surface area contributed by atoms with Gasteiger partial charge in [0.25, 0.3) is 0 Å². The smallest absolute Gasteiger partial charge is 0.0766 e. The van der Waals surface area contributed by atoms with Gasteiger partial charge >= 0.3 is 0 Å². The maximum Gasteiger partial charge on any atom is 0.0766 e. The van der Waals surface area contributed by atoms with E-state index in [2.05, 4.69) is 39.6 Å². The van der Waals surface area contributed by atoms with E-state index >= 15 is 0 Å². The van der Waals surface area contributed by atoms with Crippen LogP contribution in [0.25, 0.3) is 0 Å². The predicted octanol–water partition coefficient (Wildman–Crippen LogP) is 3.32. The second-order valence-electron chi connectivity index (χ2n) is 5.17. The predicted molar refractivity (Wildman–Crippen MR) is 76.6 cm³/mol. The molecule has 1 aromatic heterocycles. The van der Waals surface area contributed by atoms with Crippen molar-refractivity contribution in [2.45, 2.75) is 65.0 Å². The second kappa shape index (κ2) is 6.20. The van der Waals surface area contributed by atoms with Crippen LogP contribution in [0.4, 0.5) is 0 Å². The zero-order valence-electron chi connectivity index (χ0n) is 11.3. The number of aliphatic hydroxyl groups excluding tert-OH is 1. The lowest BCUT2D eigenvalue weighted by atomic mass is 10.1. The standard InChI is InChI=1S/C14H23BrN2O/c1-3-11-14(15)12(17(4-2)16-11)6-5-7-13(18)10-8-9-10/h10,13,18H,3-9H2,1-2H3. The highest BCUT2D eigenvalue weighted by Crippen LogP contribution is 2.34. The first-order valence-corrected chi connectivity index (χ1v) is 7.88. The van der Waals surface area contributed by atoms with E-state index in [1.807, 2.05) is 0 Å². The second-order valence-corrected chi connectivity index (χ2v) is 5.97. The first kappa shape index (κ1) is 14.1. The third-order valence-corrected chi connectivity index (χ3v) is 4.69. The zero-order chi connectivity index (χ0) is 13.1. The van der Waals surface area contributed by atoms with Gasteiger partial charge in [0, 0.05) is 6.54 Å². The van der Waals surface area contributed by atoms with E-state index in [4.69, 9.17) is 0 Å². The molecule has 1 aliphatic rings. The van der Waals surface area contributed by atoms with E-state index in [9.17, 15) is 5.11 Å². The van der Waals surface area contributed by atoms with Crippen LogP contribution in [0.15, 0.2) is 4.47 Å². The summed E-state index contributed by atoms with van der Waals surface area (Å²) < 4.78 is 3.26. The molecule has 0 saturated heterocycles. The Kier molecular flexibility index (Phi) is 4.84. The van der Waals surface area contributed by atoms with Crippen LogP contribution < -0.4 is 0 Å². The molecule has 1 atom stereocenters. The van der Waals surface area contributed by atoms with Gasteiger partial charge < -0.3 is 5.11 Å². The van der Waals surface area contributed by atoms with E-state index in [0.717, 1.165) is 37.9 Å². The molecule has 0 radical (unpaired) electrons. The normalized spacial score (nSPS) is 17.1. The summed E-state index contributed by atoms with van der Waals surface area (Å²) in [5, 5.41) is 14.5. The van der Waals surface area contributed by atoms with Crippen LogP contribution in [0.2, 0.25) is 0 Å². The number of rotatable bonds is 7. The molecule has 1 saturated carbocycles. The number of aliphatic hydroxyl groups is 1. The summed E-state index contributed by atoms with van der Waals surface area (Å²) in [4.78, 5) is 0.